The van der Waals surface area contributed by atoms with Gasteiger partial charge in [-0.25, -0.2) is 4.98 Å². The second-order valence-corrected chi connectivity index (χ2v) is 7.07. The second-order valence-electron chi connectivity index (χ2n) is 7.07. The molecule has 0 unspecified atom stereocenters. The van der Waals surface area contributed by atoms with Gasteiger partial charge < -0.3 is 14.6 Å². The van der Waals surface area contributed by atoms with Crippen LogP contribution in [0.2, 0.25) is 0 Å². The number of amides is 1. The molecule has 0 bridgehead atoms. The van der Waals surface area contributed by atoms with E-state index in [0.29, 0.717) is 28.5 Å². The van der Waals surface area contributed by atoms with E-state index in [-0.39, 0.29) is 18.1 Å². The SMILES string of the molecule is Cc1cc2nc(COc3ccccc3NC(=O)C(C)(C)C)cc(=O)n2o1. The lowest BCUT2D eigenvalue weighted by atomic mass is 9.95. The first-order valence-corrected chi connectivity index (χ1v) is 8.27. The third kappa shape index (κ3) is 3.77. The van der Waals surface area contributed by atoms with Crippen LogP contribution in [0.15, 0.2) is 45.7 Å². The minimum absolute atomic E-state index is 0.0956. The fourth-order valence-corrected chi connectivity index (χ4v) is 2.30. The van der Waals surface area contributed by atoms with Crippen molar-refractivity contribution in [2.75, 3.05) is 5.32 Å². The molecular weight excluding hydrogens is 334 g/mol. The van der Waals surface area contributed by atoms with Crippen molar-refractivity contribution in [3.63, 3.8) is 0 Å². The van der Waals surface area contributed by atoms with Crippen molar-refractivity contribution in [2.45, 2.75) is 34.3 Å². The minimum atomic E-state index is -0.520. The van der Waals surface area contributed by atoms with Crippen LogP contribution < -0.4 is 15.6 Å². The number of nitrogens with zero attached hydrogens (tertiary/aromatic N) is 2. The van der Waals surface area contributed by atoms with Crippen molar-refractivity contribution in [1.82, 2.24) is 9.56 Å². The molecule has 0 saturated heterocycles. The smallest absolute Gasteiger partial charge is 0.287 e. The number of hydrogen-bond acceptors (Lipinski definition) is 5. The molecular formula is C19H21N3O4. The lowest BCUT2D eigenvalue weighted by Gasteiger charge is -2.19. The fourth-order valence-electron chi connectivity index (χ4n) is 2.30. The van der Waals surface area contributed by atoms with Gasteiger partial charge in [-0.3, -0.25) is 9.59 Å². The summed E-state index contributed by atoms with van der Waals surface area (Å²) in [7, 11) is 0. The number of carbonyl (C=O) groups is 1. The van der Waals surface area contributed by atoms with E-state index < -0.39 is 5.41 Å². The average molecular weight is 355 g/mol. The van der Waals surface area contributed by atoms with Crippen LogP contribution in [0.4, 0.5) is 5.69 Å². The number of aromatic nitrogens is 2. The zero-order valence-corrected chi connectivity index (χ0v) is 15.2. The Bertz CT molecular complexity index is 1010. The molecule has 0 aliphatic rings. The van der Waals surface area contributed by atoms with E-state index in [1.807, 2.05) is 32.9 Å². The molecule has 0 radical (unpaired) electrons. The number of aryl methyl sites for hydroxylation is 1. The normalized spacial score (nSPS) is 11.5. The third-order valence-electron chi connectivity index (χ3n) is 3.72. The highest BCUT2D eigenvalue weighted by Crippen LogP contribution is 2.27. The number of rotatable bonds is 4. The van der Waals surface area contributed by atoms with Crippen molar-refractivity contribution >= 4 is 17.2 Å². The van der Waals surface area contributed by atoms with Gasteiger partial charge >= 0.3 is 0 Å². The molecule has 0 aliphatic carbocycles. The van der Waals surface area contributed by atoms with Gasteiger partial charge in [0.05, 0.1) is 11.4 Å². The number of benzene rings is 1. The number of hydrogen-bond donors (Lipinski definition) is 1. The number of fused-ring (bicyclic) bond motifs is 1. The molecule has 0 aliphatic heterocycles. The molecule has 0 spiro atoms. The van der Waals surface area contributed by atoms with Crippen LogP contribution in [0, 0.1) is 12.3 Å². The summed E-state index contributed by atoms with van der Waals surface area (Å²) in [6.07, 6.45) is 0. The molecule has 0 saturated carbocycles. The van der Waals surface area contributed by atoms with Crippen molar-refractivity contribution in [3.8, 4) is 5.75 Å². The summed E-state index contributed by atoms with van der Waals surface area (Å²) in [5.41, 5.74) is 0.657. The van der Waals surface area contributed by atoms with Crippen LogP contribution in [0.3, 0.4) is 0 Å². The highest BCUT2D eigenvalue weighted by Gasteiger charge is 2.22. The first-order valence-electron chi connectivity index (χ1n) is 8.27. The average Bonchev–Trinajstić information content (AvgIpc) is 2.94. The first kappa shape index (κ1) is 17.7. The van der Waals surface area contributed by atoms with Crippen LogP contribution in [0.5, 0.6) is 5.75 Å². The number of carbonyl (C=O) groups excluding carboxylic acids is 1. The molecule has 1 amide bonds. The second kappa shape index (κ2) is 6.67. The summed E-state index contributed by atoms with van der Waals surface area (Å²) >= 11 is 0. The maximum atomic E-state index is 12.2. The van der Waals surface area contributed by atoms with Crippen LogP contribution in [-0.4, -0.2) is 15.5 Å². The molecule has 7 nitrogen and oxygen atoms in total. The Morgan fingerprint density at radius 1 is 1.27 bits per heavy atom. The number of para-hydroxylation sites is 2. The predicted octanol–water partition coefficient (Wildman–Crippen LogP) is 3.16. The summed E-state index contributed by atoms with van der Waals surface area (Å²) < 4.78 is 12.2. The van der Waals surface area contributed by atoms with Crippen molar-refractivity contribution in [2.24, 2.45) is 5.41 Å². The van der Waals surface area contributed by atoms with E-state index in [1.54, 1.807) is 25.1 Å². The highest BCUT2D eigenvalue weighted by atomic mass is 16.5. The van der Waals surface area contributed by atoms with E-state index >= 15 is 0 Å². The number of ether oxygens (including phenoxy) is 1. The van der Waals surface area contributed by atoms with E-state index in [4.69, 9.17) is 9.26 Å². The van der Waals surface area contributed by atoms with Gasteiger partial charge in [0.25, 0.3) is 5.56 Å². The molecule has 0 fully saturated rings. The van der Waals surface area contributed by atoms with Crippen LogP contribution in [-0.2, 0) is 11.4 Å². The Morgan fingerprint density at radius 3 is 2.73 bits per heavy atom. The van der Waals surface area contributed by atoms with Crippen LogP contribution in [0.1, 0.15) is 32.2 Å². The monoisotopic (exact) mass is 355 g/mol. The summed E-state index contributed by atoms with van der Waals surface area (Å²) in [6, 6.07) is 10.2. The van der Waals surface area contributed by atoms with Crippen LogP contribution >= 0.6 is 0 Å². The first-order chi connectivity index (χ1) is 12.2. The van der Waals surface area contributed by atoms with Gasteiger partial charge in [-0.1, -0.05) is 32.9 Å². The molecule has 26 heavy (non-hydrogen) atoms. The summed E-state index contributed by atoms with van der Waals surface area (Å²) in [5, 5.41) is 2.87. The molecule has 1 N–H and O–H groups in total. The lowest BCUT2D eigenvalue weighted by molar-refractivity contribution is -0.123. The van der Waals surface area contributed by atoms with Crippen molar-refractivity contribution < 1.29 is 14.1 Å². The summed E-state index contributed by atoms with van der Waals surface area (Å²) in [5.74, 6) is 0.999. The largest absolute Gasteiger partial charge is 0.485 e. The molecule has 1 aromatic carbocycles. The molecule has 2 heterocycles. The summed E-state index contributed by atoms with van der Waals surface area (Å²) in [4.78, 5) is 28.6. The molecule has 3 aromatic rings. The summed E-state index contributed by atoms with van der Waals surface area (Å²) in [6.45, 7) is 7.36. The van der Waals surface area contributed by atoms with Gasteiger partial charge in [0.1, 0.15) is 18.1 Å². The minimum Gasteiger partial charge on any atom is -0.485 e. The van der Waals surface area contributed by atoms with E-state index in [9.17, 15) is 9.59 Å². The quantitative estimate of drug-likeness (QED) is 0.777. The number of anilines is 1. The van der Waals surface area contributed by atoms with Gasteiger partial charge in [-0.15, -0.1) is 4.57 Å². The Balaban J connectivity index is 1.80. The molecule has 7 heteroatoms. The van der Waals surface area contributed by atoms with E-state index in [2.05, 4.69) is 10.3 Å². The van der Waals surface area contributed by atoms with Crippen molar-refractivity contribution in [1.29, 1.82) is 0 Å². The van der Waals surface area contributed by atoms with Crippen molar-refractivity contribution in [3.05, 3.63) is 58.2 Å². The van der Waals surface area contributed by atoms with Gasteiger partial charge in [-0.05, 0) is 19.1 Å². The lowest BCUT2D eigenvalue weighted by Crippen LogP contribution is -2.27. The predicted molar refractivity (Wildman–Crippen MR) is 97.3 cm³/mol. The maximum absolute atomic E-state index is 12.2. The van der Waals surface area contributed by atoms with Gasteiger partial charge in [0, 0.05) is 17.5 Å². The zero-order chi connectivity index (χ0) is 18.9. The maximum Gasteiger partial charge on any atom is 0.287 e. The topological polar surface area (TPSA) is 85.8 Å². The Hall–Kier alpha value is -3.09. The van der Waals surface area contributed by atoms with Gasteiger partial charge in [0.2, 0.25) is 5.91 Å². The molecule has 2 aromatic heterocycles. The molecule has 136 valence electrons. The Morgan fingerprint density at radius 2 is 2.00 bits per heavy atom. The fraction of sp³-hybridized carbons (Fsp3) is 0.316. The highest BCUT2D eigenvalue weighted by molar-refractivity contribution is 5.95. The van der Waals surface area contributed by atoms with Gasteiger partial charge in [-0.2, -0.15) is 0 Å². The third-order valence-corrected chi connectivity index (χ3v) is 3.72. The Kier molecular flexibility index (Phi) is 4.54. The van der Waals surface area contributed by atoms with E-state index in [0.717, 1.165) is 4.57 Å². The zero-order valence-electron chi connectivity index (χ0n) is 15.2. The number of nitrogens with one attached hydrogen (secondary N) is 1. The Labute approximate surface area is 150 Å². The molecule has 0 atom stereocenters. The van der Waals surface area contributed by atoms with Gasteiger partial charge in [0.15, 0.2) is 5.65 Å². The van der Waals surface area contributed by atoms with Crippen LogP contribution in [0.25, 0.3) is 5.65 Å². The molecule has 3 rings (SSSR count). The van der Waals surface area contributed by atoms with E-state index in [1.165, 1.54) is 6.07 Å². The standard InChI is InChI=1S/C19H21N3O4/c1-12-9-16-20-13(10-17(23)22(16)26-12)11-25-15-8-6-5-7-14(15)21-18(24)19(2,3)4/h5-10H,11H2,1-4H3,(H,21,24).